The van der Waals surface area contributed by atoms with E-state index < -0.39 is 0 Å². The van der Waals surface area contributed by atoms with E-state index in [1.54, 1.807) is 18.2 Å². The SMILES string of the molecule is CNCC#Cc1ccc(O)c(OC)c1. The van der Waals surface area contributed by atoms with Crippen LogP contribution in [0.25, 0.3) is 0 Å². The molecule has 0 aliphatic rings. The van der Waals surface area contributed by atoms with Crippen molar-refractivity contribution in [3.63, 3.8) is 0 Å². The molecule has 0 aliphatic carbocycles. The first-order valence-corrected chi connectivity index (χ1v) is 4.28. The van der Waals surface area contributed by atoms with Crippen LogP contribution in [-0.2, 0) is 0 Å². The van der Waals surface area contributed by atoms with Crippen molar-refractivity contribution in [1.82, 2.24) is 5.32 Å². The van der Waals surface area contributed by atoms with Crippen LogP contribution < -0.4 is 10.1 Å². The molecule has 14 heavy (non-hydrogen) atoms. The smallest absolute Gasteiger partial charge is 0.161 e. The second-order valence-electron chi connectivity index (χ2n) is 2.72. The van der Waals surface area contributed by atoms with E-state index in [-0.39, 0.29) is 5.75 Å². The van der Waals surface area contributed by atoms with Crippen molar-refractivity contribution >= 4 is 0 Å². The lowest BCUT2D eigenvalue weighted by molar-refractivity contribution is 0.373. The van der Waals surface area contributed by atoms with Crippen molar-refractivity contribution in [3.8, 4) is 23.3 Å². The standard InChI is InChI=1S/C11H13NO2/c1-12-7-3-4-9-5-6-10(13)11(8-9)14-2/h5-6,8,12-13H,7H2,1-2H3. The summed E-state index contributed by atoms with van der Waals surface area (Å²) in [5.41, 5.74) is 0.829. The Morgan fingerprint density at radius 1 is 1.50 bits per heavy atom. The predicted molar refractivity (Wildman–Crippen MR) is 55.5 cm³/mol. The van der Waals surface area contributed by atoms with Crippen LogP contribution in [0.1, 0.15) is 5.56 Å². The number of hydrogen-bond acceptors (Lipinski definition) is 3. The van der Waals surface area contributed by atoms with Crippen molar-refractivity contribution in [1.29, 1.82) is 0 Å². The van der Waals surface area contributed by atoms with Gasteiger partial charge in [-0.25, -0.2) is 0 Å². The predicted octanol–water partition coefficient (Wildman–Crippen LogP) is 0.972. The molecule has 0 aromatic heterocycles. The molecule has 1 rings (SSSR count). The maximum Gasteiger partial charge on any atom is 0.161 e. The summed E-state index contributed by atoms with van der Waals surface area (Å²) in [6, 6.07) is 5.03. The van der Waals surface area contributed by atoms with Crippen LogP contribution in [-0.4, -0.2) is 25.8 Å². The van der Waals surface area contributed by atoms with E-state index in [0.717, 1.165) is 5.56 Å². The number of methoxy groups -OCH3 is 1. The summed E-state index contributed by atoms with van der Waals surface area (Å²) in [5.74, 6) is 6.44. The number of ether oxygens (including phenoxy) is 1. The molecule has 3 nitrogen and oxygen atoms in total. The minimum absolute atomic E-state index is 0.131. The van der Waals surface area contributed by atoms with E-state index in [0.29, 0.717) is 12.3 Å². The van der Waals surface area contributed by atoms with Gasteiger partial charge >= 0.3 is 0 Å². The van der Waals surface area contributed by atoms with Gasteiger partial charge in [0.2, 0.25) is 0 Å². The molecule has 0 bridgehead atoms. The van der Waals surface area contributed by atoms with E-state index in [1.165, 1.54) is 7.11 Å². The van der Waals surface area contributed by atoms with Crippen LogP contribution in [0.5, 0.6) is 11.5 Å². The maximum atomic E-state index is 9.32. The number of phenolic OH excluding ortho intramolecular Hbond substituents is 1. The fraction of sp³-hybridized carbons (Fsp3) is 0.273. The number of nitrogens with one attached hydrogen (secondary N) is 1. The maximum absolute atomic E-state index is 9.32. The van der Waals surface area contributed by atoms with Crippen LogP contribution >= 0.6 is 0 Å². The zero-order valence-corrected chi connectivity index (χ0v) is 8.29. The van der Waals surface area contributed by atoms with Gasteiger partial charge in [-0.3, -0.25) is 0 Å². The van der Waals surface area contributed by atoms with Crippen LogP contribution in [0.4, 0.5) is 0 Å². The quantitative estimate of drug-likeness (QED) is 0.684. The Kier molecular flexibility index (Phi) is 3.84. The van der Waals surface area contributed by atoms with E-state index >= 15 is 0 Å². The molecule has 2 N–H and O–H groups in total. The second-order valence-corrected chi connectivity index (χ2v) is 2.72. The number of aromatic hydroxyl groups is 1. The molecule has 74 valence electrons. The Bertz CT molecular complexity index is 363. The number of hydrogen-bond donors (Lipinski definition) is 2. The first-order valence-electron chi connectivity index (χ1n) is 4.28. The number of phenols is 1. The third-order valence-corrected chi connectivity index (χ3v) is 1.68. The van der Waals surface area contributed by atoms with Gasteiger partial charge < -0.3 is 15.2 Å². The lowest BCUT2D eigenvalue weighted by Gasteiger charge is -2.02. The number of benzene rings is 1. The molecule has 3 heteroatoms. The van der Waals surface area contributed by atoms with Crippen molar-refractivity contribution in [2.24, 2.45) is 0 Å². The largest absolute Gasteiger partial charge is 0.504 e. The highest BCUT2D eigenvalue weighted by Crippen LogP contribution is 2.25. The van der Waals surface area contributed by atoms with E-state index in [9.17, 15) is 5.11 Å². The van der Waals surface area contributed by atoms with Gasteiger partial charge in [-0.05, 0) is 25.2 Å². The highest BCUT2D eigenvalue weighted by molar-refractivity contribution is 5.47. The minimum atomic E-state index is 0.131. The third kappa shape index (κ3) is 2.68. The van der Waals surface area contributed by atoms with Gasteiger partial charge in [0.25, 0.3) is 0 Å². The van der Waals surface area contributed by atoms with Crippen LogP contribution in [0.3, 0.4) is 0 Å². The topological polar surface area (TPSA) is 41.5 Å². The molecule has 0 heterocycles. The summed E-state index contributed by atoms with van der Waals surface area (Å²) in [5, 5.41) is 12.2. The molecule has 1 aromatic rings. The molecule has 1 aromatic carbocycles. The molecular formula is C11H13NO2. The highest BCUT2D eigenvalue weighted by Gasteiger charge is 1.99. The summed E-state index contributed by atoms with van der Waals surface area (Å²) < 4.78 is 4.96. The van der Waals surface area contributed by atoms with Gasteiger partial charge in [0.05, 0.1) is 13.7 Å². The molecule has 0 unspecified atom stereocenters. The summed E-state index contributed by atoms with van der Waals surface area (Å²) in [6.45, 7) is 0.642. The van der Waals surface area contributed by atoms with Crippen LogP contribution in [0, 0.1) is 11.8 Å². The van der Waals surface area contributed by atoms with Crippen molar-refractivity contribution in [2.45, 2.75) is 0 Å². The van der Waals surface area contributed by atoms with Gasteiger partial charge in [-0.15, -0.1) is 0 Å². The van der Waals surface area contributed by atoms with E-state index in [4.69, 9.17) is 4.74 Å². The van der Waals surface area contributed by atoms with Gasteiger partial charge in [-0.2, -0.15) is 0 Å². The minimum Gasteiger partial charge on any atom is -0.504 e. The fourth-order valence-electron chi connectivity index (χ4n) is 0.990. The summed E-state index contributed by atoms with van der Waals surface area (Å²) in [7, 11) is 3.35. The molecule has 0 amide bonds. The molecule has 0 atom stereocenters. The van der Waals surface area contributed by atoms with E-state index in [2.05, 4.69) is 17.2 Å². The molecule has 0 radical (unpaired) electrons. The Labute approximate surface area is 83.7 Å². The Hall–Kier alpha value is -1.66. The Morgan fingerprint density at radius 3 is 2.93 bits per heavy atom. The molecule has 0 saturated heterocycles. The lowest BCUT2D eigenvalue weighted by Crippen LogP contribution is -2.04. The molecule has 0 spiro atoms. The molecular weight excluding hydrogens is 178 g/mol. The molecule has 0 fully saturated rings. The van der Waals surface area contributed by atoms with Gasteiger partial charge in [0.15, 0.2) is 11.5 Å². The Balaban J connectivity index is 2.86. The normalized spacial score (nSPS) is 9.00. The second kappa shape index (κ2) is 5.15. The third-order valence-electron chi connectivity index (χ3n) is 1.68. The van der Waals surface area contributed by atoms with Crippen molar-refractivity contribution in [3.05, 3.63) is 23.8 Å². The van der Waals surface area contributed by atoms with Gasteiger partial charge in [0, 0.05) is 5.56 Å². The summed E-state index contributed by atoms with van der Waals surface area (Å²) in [6.07, 6.45) is 0. The van der Waals surface area contributed by atoms with Gasteiger partial charge in [-0.1, -0.05) is 11.8 Å². The van der Waals surface area contributed by atoms with Crippen molar-refractivity contribution < 1.29 is 9.84 Å². The first kappa shape index (κ1) is 10.4. The Morgan fingerprint density at radius 2 is 2.29 bits per heavy atom. The van der Waals surface area contributed by atoms with Gasteiger partial charge in [0.1, 0.15) is 0 Å². The first-order chi connectivity index (χ1) is 6.77. The van der Waals surface area contributed by atoms with Crippen LogP contribution in [0.2, 0.25) is 0 Å². The van der Waals surface area contributed by atoms with Crippen LogP contribution in [0.15, 0.2) is 18.2 Å². The average Bonchev–Trinajstić information content (AvgIpc) is 2.21. The summed E-state index contributed by atoms with van der Waals surface area (Å²) in [4.78, 5) is 0. The fourth-order valence-corrected chi connectivity index (χ4v) is 0.990. The van der Waals surface area contributed by atoms with Crippen molar-refractivity contribution in [2.75, 3.05) is 20.7 Å². The molecule has 0 aliphatic heterocycles. The van der Waals surface area contributed by atoms with E-state index in [1.807, 2.05) is 7.05 Å². The zero-order chi connectivity index (χ0) is 10.4. The molecule has 0 saturated carbocycles. The monoisotopic (exact) mass is 191 g/mol. The lowest BCUT2D eigenvalue weighted by atomic mass is 10.2. The number of rotatable bonds is 2. The average molecular weight is 191 g/mol. The zero-order valence-electron chi connectivity index (χ0n) is 8.29. The highest BCUT2D eigenvalue weighted by atomic mass is 16.5. The summed E-state index contributed by atoms with van der Waals surface area (Å²) >= 11 is 0.